The zero-order chi connectivity index (χ0) is 13.6. The third kappa shape index (κ3) is 1.77. The van der Waals surface area contributed by atoms with Crippen molar-refractivity contribution in [3.63, 3.8) is 0 Å². The predicted molar refractivity (Wildman–Crippen MR) is 75.0 cm³/mol. The van der Waals surface area contributed by atoms with Crippen LogP contribution in [-0.4, -0.2) is 19.5 Å². The van der Waals surface area contributed by atoms with Crippen LogP contribution in [0.4, 0.5) is 11.8 Å². The van der Waals surface area contributed by atoms with Crippen LogP contribution in [0.25, 0.3) is 16.9 Å². The molecule has 2 heterocycles. The van der Waals surface area contributed by atoms with E-state index in [2.05, 4.69) is 21.9 Å². The summed E-state index contributed by atoms with van der Waals surface area (Å²) in [7, 11) is 0. The first-order valence-electron chi connectivity index (χ1n) is 5.89. The summed E-state index contributed by atoms with van der Waals surface area (Å²) in [6, 6.07) is 5.74. The molecular weight excluding hydrogens is 240 g/mol. The molecule has 0 spiro atoms. The van der Waals surface area contributed by atoms with E-state index in [9.17, 15) is 0 Å². The number of fused-ring (bicyclic) bond motifs is 1. The number of anilines is 2. The second-order valence-electron chi connectivity index (χ2n) is 4.53. The van der Waals surface area contributed by atoms with E-state index in [0.29, 0.717) is 17.6 Å². The molecule has 0 amide bonds. The minimum absolute atomic E-state index is 0.387. The second kappa shape index (κ2) is 3.94. The standard InChI is InChI=1S/C13H14N6/c1-7-3-9-10(4-8(7)2)19(13(15)18-9)12-5-11(14)16-6-17-12/h3-6H,1-2H3,(H2,15,18)(H2,14,16,17). The van der Waals surface area contributed by atoms with Crippen LogP contribution in [0.15, 0.2) is 24.5 Å². The molecule has 3 rings (SSSR count). The van der Waals surface area contributed by atoms with Crippen molar-refractivity contribution in [1.82, 2.24) is 19.5 Å². The van der Waals surface area contributed by atoms with Crippen LogP contribution in [0.2, 0.25) is 0 Å². The van der Waals surface area contributed by atoms with Crippen molar-refractivity contribution in [3.8, 4) is 5.82 Å². The average Bonchev–Trinajstić information content (AvgIpc) is 2.65. The van der Waals surface area contributed by atoms with Crippen molar-refractivity contribution < 1.29 is 0 Å². The van der Waals surface area contributed by atoms with Gasteiger partial charge in [0.15, 0.2) is 0 Å². The van der Waals surface area contributed by atoms with Gasteiger partial charge in [-0.1, -0.05) is 0 Å². The molecule has 2 aromatic heterocycles. The molecule has 6 heteroatoms. The number of aryl methyl sites for hydroxylation is 2. The first-order chi connectivity index (χ1) is 9.06. The quantitative estimate of drug-likeness (QED) is 0.687. The molecule has 3 aromatic rings. The lowest BCUT2D eigenvalue weighted by atomic mass is 10.1. The molecule has 4 N–H and O–H groups in total. The molecule has 0 radical (unpaired) electrons. The summed E-state index contributed by atoms with van der Waals surface area (Å²) in [5.74, 6) is 1.41. The van der Waals surface area contributed by atoms with Gasteiger partial charge in [0.1, 0.15) is 18.0 Å². The minimum atomic E-state index is 0.387. The maximum absolute atomic E-state index is 5.99. The number of rotatable bonds is 1. The van der Waals surface area contributed by atoms with Crippen molar-refractivity contribution in [3.05, 3.63) is 35.7 Å². The molecule has 96 valence electrons. The topological polar surface area (TPSA) is 95.6 Å². The molecule has 19 heavy (non-hydrogen) atoms. The zero-order valence-corrected chi connectivity index (χ0v) is 10.8. The second-order valence-corrected chi connectivity index (χ2v) is 4.53. The third-order valence-electron chi connectivity index (χ3n) is 3.20. The summed E-state index contributed by atoms with van der Waals surface area (Å²) in [6.07, 6.45) is 1.41. The largest absolute Gasteiger partial charge is 0.384 e. The molecule has 0 fully saturated rings. The highest BCUT2D eigenvalue weighted by Crippen LogP contribution is 2.25. The van der Waals surface area contributed by atoms with Gasteiger partial charge in [0, 0.05) is 6.07 Å². The monoisotopic (exact) mass is 254 g/mol. The zero-order valence-electron chi connectivity index (χ0n) is 10.8. The highest BCUT2D eigenvalue weighted by atomic mass is 15.2. The van der Waals surface area contributed by atoms with E-state index in [1.165, 1.54) is 17.5 Å². The van der Waals surface area contributed by atoms with Crippen molar-refractivity contribution in [2.45, 2.75) is 13.8 Å². The van der Waals surface area contributed by atoms with Gasteiger partial charge in [-0.3, -0.25) is 4.57 Å². The van der Waals surface area contributed by atoms with Gasteiger partial charge in [-0.25, -0.2) is 15.0 Å². The summed E-state index contributed by atoms with van der Waals surface area (Å²) in [5.41, 5.74) is 15.8. The lowest BCUT2D eigenvalue weighted by Gasteiger charge is -2.06. The summed E-state index contributed by atoms with van der Waals surface area (Å²) in [4.78, 5) is 12.4. The molecule has 0 bridgehead atoms. The van der Waals surface area contributed by atoms with Gasteiger partial charge < -0.3 is 11.5 Å². The highest BCUT2D eigenvalue weighted by molar-refractivity contribution is 5.82. The van der Waals surface area contributed by atoms with Crippen LogP contribution in [0.3, 0.4) is 0 Å². The Morgan fingerprint density at radius 3 is 2.47 bits per heavy atom. The maximum atomic E-state index is 5.99. The van der Waals surface area contributed by atoms with Gasteiger partial charge in [-0.2, -0.15) is 0 Å². The fourth-order valence-corrected chi connectivity index (χ4v) is 2.08. The Kier molecular flexibility index (Phi) is 2.38. The molecular formula is C13H14N6. The van der Waals surface area contributed by atoms with Crippen LogP contribution in [-0.2, 0) is 0 Å². The number of aromatic nitrogens is 4. The predicted octanol–water partition coefficient (Wildman–Crippen LogP) is 1.60. The average molecular weight is 254 g/mol. The Labute approximate surface area is 110 Å². The molecule has 0 aliphatic carbocycles. The van der Waals surface area contributed by atoms with E-state index < -0.39 is 0 Å². The SMILES string of the molecule is Cc1cc2nc(N)n(-c3cc(N)ncn3)c2cc1C. The Morgan fingerprint density at radius 2 is 1.74 bits per heavy atom. The van der Waals surface area contributed by atoms with Crippen LogP contribution in [0, 0.1) is 13.8 Å². The Hall–Kier alpha value is -2.63. The van der Waals surface area contributed by atoms with E-state index >= 15 is 0 Å². The van der Waals surface area contributed by atoms with Gasteiger partial charge in [-0.15, -0.1) is 0 Å². The van der Waals surface area contributed by atoms with E-state index in [1.807, 2.05) is 19.1 Å². The summed E-state index contributed by atoms with van der Waals surface area (Å²) in [6.45, 7) is 4.10. The Bertz CT molecular complexity index is 774. The van der Waals surface area contributed by atoms with Crippen LogP contribution >= 0.6 is 0 Å². The van der Waals surface area contributed by atoms with E-state index in [1.54, 1.807) is 10.6 Å². The minimum Gasteiger partial charge on any atom is -0.384 e. The highest BCUT2D eigenvalue weighted by Gasteiger charge is 2.12. The number of nitrogen functional groups attached to an aromatic ring is 2. The summed E-state index contributed by atoms with van der Waals surface area (Å²) < 4.78 is 1.78. The smallest absolute Gasteiger partial charge is 0.207 e. The van der Waals surface area contributed by atoms with E-state index in [4.69, 9.17) is 11.5 Å². The van der Waals surface area contributed by atoms with Crippen LogP contribution < -0.4 is 11.5 Å². The first-order valence-corrected chi connectivity index (χ1v) is 5.89. The van der Waals surface area contributed by atoms with Crippen molar-refractivity contribution in [1.29, 1.82) is 0 Å². The van der Waals surface area contributed by atoms with Crippen molar-refractivity contribution >= 4 is 22.8 Å². The van der Waals surface area contributed by atoms with Gasteiger partial charge >= 0.3 is 0 Å². The molecule has 0 aliphatic rings. The van der Waals surface area contributed by atoms with Gasteiger partial charge in [0.25, 0.3) is 0 Å². The lowest BCUT2D eigenvalue weighted by molar-refractivity contribution is 1.01. The van der Waals surface area contributed by atoms with E-state index in [-0.39, 0.29) is 0 Å². The molecule has 1 aromatic carbocycles. The Balaban J connectivity index is 2.34. The molecule has 0 saturated heterocycles. The first kappa shape index (κ1) is 11.5. The number of hydrogen-bond acceptors (Lipinski definition) is 5. The Morgan fingerprint density at radius 1 is 1.00 bits per heavy atom. The number of nitrogens with two attached hydrogens (primary N) is 2. The molecule has 0 saturated carbocycles. The lowest BCUT2D eigenvalue weighted by Crippen LogP contribution is -2.04. The molecule has 6 nitrogen and oxygen atoms in total. The van der Waals surface area contributed by atoms with Gasteiger partial charge in [0.2, 0.25) is 5.95 Å². The fourth-order valence-electron chi connectivity index (χ4n) is 2.08. The summed E-state index contributed by atoms with van der Waals surface area (Å²) in [5, 5.41) is 0. The molecule has 0 atom stereocenters. The van der Waals surface area contributed by atoms with Gasteiger partial charge in [0.05, 0.1) is 11.0 Å². The van der Waals surface area contributed by atoms with E-state index in [0.717, 1.165) is 11.0 Å². The maximum Gasteiger partial charge on any atom is 0.207 e. The fraction of sp³-hybridized carbons (Fsp3) is 0.154. The number of imidazole rings is 1. The van der Waals surface area contributed by atoms with Crippen molar-refractivity contribution in [2.24, 2.45) is 0 Å². The normalized spacial score (nSPS) is 11.1. The summed E-state index contributed by atoms with van der Waals surface area (Å²) >= 11 is 0. The molecule has 0 aliphatic heterocycles. The van der Waals surface area contributed by atoms with Crippen LogP contribution in [0.5, 0.6) is 0 Å². The van der Waals surface area contributed by atoms with Crippen LogP contribution in [0.1, 0.15) is 11.1 Å². The third-order valence-corrected chi connectivity index (χ3v) is 3.20. The number of nitrogens with zero attached hydrogens (tertiary/aromatic N) is 4. The molecule has 0 unspecified atom stereocenters. The van der Waals surface area contributed by atoms with Crippen molar-refractivity contribution in [2.75, 3.05) is 11.5 Å². The van der Waals surface area contributed by atoms with Gasteiger partial charge in [-0.05, 0) is 37.1 Å². The number of benzene rings is 1. The number of hydrogen-bond donors (Lipinski definition) is 2.